The van der Waals surface area contributed by atoms with Gasteiger partial charge in [-0.25, -0.2) is 8.78 Å². The number of fused-ring (bicyclic) bond motifs is 2. The monoisotopic (exact) mass is 860 g/mol. The Morgan fingerprint density at radius 1 is 0.830 bits per heavy atom. The van der Waals surface area contributed by atoms with E-state index in [9.17, 15) is 4.39 Å². The van der Waals surface area contributed by atoms with Crippen LogP contribution in [0.5, 0.6) is 0 Å². The van der Waals surface area contributed by atoms with Gasteiger partial charge in [-0.3, -0.25) is 18.7 Å². The molecule has 0 bridgehead atoms. The second-order valence-electron chi connectivity index (χ2n) is 13.0. The number of alkyl halides is 2. The number of hydrogen-bond donors (Lipinski definition) is 0. The van der Waals surface area contributed by atoms with Crippen molar-refractivity contribution in [3.8, 4) is 22.5 Å². The van der Waals surface area contributed by atoms with E-state index in [1.807, 2.05) is 66.3 Å². The van der Waals surface area contributed by atoms with Crippen molar-refractivity contribution in [1.82, 2.24) is 39.1 Å². The van der Waals surface area contributed by atoms with Crippen molar-refractivity contribution in [3.63, 3.8) is 0 Å². The molecule has 0 N–H and O–H groups in total. The number of aromatic nitrogens is 8. The van der Waals surface area contributed by atoms with Gasteiger partial charge in [-0.05, 0) is 75.7 Å². The van der Waals surface area contributed by atoms with Crippen molar-refractivity contribution in [2.75, 3.05) is 0 Å². The molecule has 278 valence electrons. The minimum atomic E-state index is -1.08. The predicted molar refractivity (Wildman–Crippen MR) is 201 cm³/mol. The number of aryl methyl sites for hydroxylation is 4. The van der Waals surface area contributed by atoms with Crippen LogP contribution in [0.4, 0.5) is 8.78 Å². The third-order valence-corrected chi connectivity index (χ3v) is 8.97. The summed E-state index contributed by atoms with van der Waals surface area (Å²) in [6.07, 6.45) is 7.01. The second-order valence-corrected chi connectivity index (χ2v) is 15.4. The Morgan fingerprint density at radius 3 is 1.58 bits per heavy atom. The van der Waals surface area contributed by atoms with Gasteiger partial charge in [0.25, 0.3) is 0 Å². The van der Waals surface area contributed by atoms with Crippen LogP contribution in [0.1, 0.15) is 41.5 Å². The maximum Gasteiger partial charge on any atom is 1.00 e. The number of aliphatic carboxylic acids is 1. The van der Waals surface area contributed by atoms with Crippen LogP contribution in [0.15, 0.2) is 53.5 Å². The Hall–Kier alpha value is -2.19. The number of carboxylic acid groups (broad SMARTS) is 1. The van der Waals surface area contributed by atoms with Crippen LogP contribution >= 0.6 is 39.1 Å². The van der Waals surface area contributed by atoms with Crippen LogP contribution in [0.2, 0.25) is 0 Å². The quantitative estimate of drug-likeness (QED) is 0.197. The minimum absolute atomic E-state index is 0. The van der Waals surface area contributed by atoms with Crippen LogP contribution in [-0.2, 0) is 42.3 Å². The molecule has 0 aliphatic carbocycles. The average Bonchev–Trinajstić information content (AvgIpc) is 3.83. The van der Waals surface area contributed by atoms with Crippen LogP contribution in [0, 0.1) is 11.6 Å². The summed E-state index contributed by atoms with van der Waals surface area (Å²) >= 11 is 13.3. The van der Waals surface area contributed by atoms with E-state index >= 15 is 4.39 Å². The van der Waals surface area contributed by atoms with E-state index in [1.165, 1.54) is 0 Å². The van der Waals surface area contributed by atoms with E-state index in [4.69, 9.17) is 42.4 Å². The smallest absolute Gasteiger partial charge is 0.550 e. The van der Waals surface area contributed by atoms with Crippen molar-refractivity contribution < 1.29 is 79.4 Å². The molecule has 5 heterocycles. The zero-order valence-corrected chi connectivity index (χ0v) is 37.6. The maximum absolute atomic E-state index is 15.6. The SMILES string of the molecule is CC(=O)[O-].CC(Cl)Cl.Cn1cc(-c2nn(C)c3ccc(B4OC(C)(C)C(C)(C)O4)c(F)c23)cn1.Cn1cc(-c2nn(C)c3ccc(Br)c(F)c23)cn1.[K+]. The molecule has 4 aromatic heterocycles. The van der Waals surface area contributed by atoms with E-state index in [-0.39, 0.29) is 67.9 Å². The number of carbonyl (C=O) groups excluding carboxylic acids is 1. The zero-order valence-electron chi connectivity index (χ0n) is 31.4. The Kier molecular flexibility index (Phi) is 15.5. The molecule has 6 aromatic rings. The molecule has 53 heavy (non-hydrogen) atoms. The van der Waals surface area contributed by atoms with Crippen molar-refractivity contribution in [2.45, 2.75) is 57.6 Å². The summed E-state index contributed by atoms with van der Waals surface area (Å²) in [7, 11) is 6.49. The first-order valence-corrected chi connectivity index (χ1v) is 17.6. The molecule has 1 saturated heterocycles. The van der Waals surface area contributed by atoms with Gasteiger partial charge in [-0.2, -0.15) is 20.4 Å². The van der Waals surface area contributed by atoms with Crippen LogP contribution in [0.3, 0.4) is 0 Å². The van der Waals surface area contributed by atoms with Gasteiger partial charge in [0.1, 0.15) is 27.9 Å². The number of carboxylic acids is 1. The van der Waals surface area contributed by atoms with E-state index < -0.39 is 24.3 Å². The number of rotatable bonds is 3. The van der Waals surface area contributed by atoms with Gasteiger partial charge in [0.2, 0.25) is 0 Å². The van der Waals surface area contributed by atoms with Crippen molar-refractivity contribution >= 4 is 79.5 Å². The summed E-state index contributed by atoms with van der Waals surface area (Å²) < 4.78 is 49.0. The first-order valence-electron chi connectivity index (χ1n) is 15.9. The number of benzene rings is 2. The molecule has 0 saturated carbocycles. The van der Waals surface area contributed by atoms with Crippen molar-refractivity contribution in [2.24, 2.45) is 28.2 Å². The Morgan fingerprint density at radius 2 is 1.21 bits per heavy atom. The average molecular weight is 862 g/mol. The second kappa shape index (κ2) is 18.2. The fourth-order valence-electron chi connectivity index (χ4n) is 5.26. The Balaban J connectivity index is 0.000000243. The maximum atomic E-state index is 15.6. The molecular formula is C34H39BBrCl2F2KN8O4. The van der Waals surface area contributed by atoms with Crippen molar-refractivity contribution in [1.29, 1.82) is 0 Å². The van der Waals surface area contributed by atoms with Gasteiger partial charge in [0.05, 0.1) is 49.9 Å². The molecular weight excluding hydrogens is 823 g/mol. The molecule has 1 fully saturated rings. The van der Waals surface area contributed by atoms with Gasteiger partial charge in [-0.1, -0.05) is 6.07 Å². The molecule has 0 radical (unpaired) electrons. The van der Waals surface area contributed by atoms with E-state index in [0.29, 0.717) is 37.6 Å². The summed E-state index contributed by atoms with van der Waals surface area (Å²) in [5.41, 5.74) is 3.54. The zero-order chi connectivity index (χ0) is 38.9. The molecule has 1 aliphatic rings. The predicted octanol–water partition coefficient (Wildman–Crippen LogP) is 2.86. The normalized spacial score (nSPS) is 14.2. The van der Waals surface area contributed by atoms with Crippen molar-refractivity contribution in [3.05, 3.63) is 65.2 Å². The van der Waals surface area contributed by atoms with E-state index in [2.05, 4.69) is 36.3 Å². The van der Waals surface area contributed by atoms with Gasteiger partial charge < -0.3 is 19.2 Å². The Labute approximate surface area is 367 Å². The Bertz CT molecular complexity index is 2200. The van der Waals surface area contributed by atoms with Gasteiger partial charge in [0, 0.05) is 63.1 Å². The molecule has 1 aliphatic heterocycles. The minimum Gasteiger partial charge on any atom is -0.550 e. The largest absolute Gasteiger partial charge is 1.00 e. The molecule has 0 atom stereocenters. The number of nitrogens with zero attached hydrogens (tertiary/aromatic N) is 8. The summed E-state index contributed by atoms with van der Waals surface area (Å²) in [5.74, 6) is -1.74. The molecule has 0 amide bonds. The first-order chi connectivity index (χ1) is 24.1. The van der Waals surface area contributed by atoms with Crippen LogP contribution in [0.25, 0.3) is 44.3 Å². The van der Waals surface area contributed by atoms with Gasteiger partial charge in [-0.15, -0.1) is 23.2 Å². The number of carbonyl (C=O) groups is 1. The molecule has 12 nitrogen and oxygen atoms in total. The third kappa shape index (κ3) is 10.4. The first kappa shape index (κ1) is 45.2. The van der Waals surface area contributed by atoms with E-state index in [0.717, 1.165) is 23.6 Å². The van der Waals surface area contributed by atoms with Crippen LogP contribution in [-0.4, -0.2) is 68.2 Å². The molecule has 0 unspecified atom stereocenters. The van der Waals surface area contributed by atoms with Gasteiger partial charge >= 0.3 is 58.5 Å². The van der Waals surface area contributed by atoms with Crippen LogP contribution < -0.4 is 62.0 Å². The molecule has 0 spiro atoms. The summed E-state index contributed by atoms with van der Waals surface area (Å²) in [5, 5.41) is 27.0. The number of halogens is 5. The summed E-state index contributed by atoms with van der Waals surface area (Å²) in [4.78, 5) is 8.67. The summed E-state index contributed by atoms with van der Waals surface area (Å²) in [6.45, 7) is 10.5. The molecule has 7 rings (SSSR count). The third-order valence-electron chi connectivity index (χ3n) is 8.36. The number of hydrogen-bond acceptors (Lipinski definition) is 8. The van der Waals surface area contributed by atoms with E-state index in [1.54, 1.807) is 64.3 Å². The molecule has 19 heteroatoms. The fraction of sp³-hybridized carbons (Fsp3) is 0.382. The van der Waals surface area contributed by atoms with Gasteiger partial charge in [0.15, 0.2) is 0 Å². The fourth-order valence-corrected chi connectivity index (χ4v) is 5.59. The standard InChI is InChI=1S/C18H22BFN4O2.C12H10BrFN4.C2H4Cl2.C2H4O2.K/c1-17(2)18(3,4)26-19(25-17)12-7-8-13-14(15(12)20)16(22-24(13)6)11-9-21-23(5)10-11;1-17-6-7(5-15-17)12-10-9(18(2)16-12)4-3-8(13)11(10)14;2*1-2(3)4;/h7-10H,1-6H3;3-6H,1-2H3;2H,1H3;1H3,(H,3,4);/q;;;;+1/p-1. The topological polar surface area (TPSA) is 130 Å². The molecule has 2 aromatic carbocycles. The summed E-state index contributed by atoms with van der Waals surface area (Å²) in [6, 6.07) is 7.10.